The quantitative estimate of drug-likeness (QED) is 0.175. The van der Waals surface area contributed by atoms with Gasteiger partial charge in [0.05, 0.1) is 0 Å². The van der Waals surface area contributed by atoms with Gasteiger partial charge >= 0.3 is 0 Å². The van der Waals surface area contributed by atoms with Crippen LogP contribution in [0.5, 0.6) is 0 Å². The summed E-state index contributed by atoms with van der Waals surface area (Å²) in [4.78, 5) is 2.29. The summed E-state index contributed by atoms with van der Waals surface area (Å²) in [6, 6.07) is 71.6. The van der Waals surface area contributed by atoms with Gasteiger partial charge in [-0.05, 0) is 110 Å². The number of benzene rings is 9. The van der Waals surface area contributed by atoms with Gasteiger partial charge in [-0.15, -0.1) is 0 Å². The highest BCUT2D eigenvalue weighted by Gasteiger charge is 2.15. The van der Waals surface area contributed by atoms with Crippen LogP contribution in [0.4, 0.5) is 28.4 Å². The van der Waals surface area contributed by atoms with E-state index < -0.39 is 0 Å². The molecule has 50 heavy (non-hydrogen) atoms. The van der Waals surface area contributed by atoms with Crippen LogP contribution in [0.2, 0.25) is 0 Å². The molecule has 2 heteroatoms. The molecule has 0 radical (unpaired) electrons. The summed E-state index contributed by atoms with van der Waals surface area (Å²) < 4.78 is 0. The molecule has 2 nitrogen and oxygen atoms in total. The first-order valence-corrected chi connectivity index (χ1v) is 17.1. The second kappa shape index (κ2) is 12.8. The first kappa shape index (κ1) is 29.5. The standard InChI is InChI=1S/C48H34N2/c1-3-15-39(16-4-1)50(40-17-5-2-6-18-40)41-30-25-35(26-31-41)34-23-28-38(29-24-34)49-47-22-12-11-21-44(47)46-33-37-14-8-9-19-42(37)45-32-27-36-13-7-10-20-43(36)48(45)46/h1-33,49H. The van der Waals surface area contributed by atoms with Crippen LogP contribution in [0, 0.1) is 0 Å². The summed E-state index contributed by atoms with van der Waals surface area (Å²) in [5.74, 6) is 0. The number of nitrogens with zero attached hydrogens (tertiary/aromatic N) is 1. The van der Waals surface area contributed by atoms with Crippen molar-refractivity contribution in [2.24, 2.45) is 0 Å². The van der Waals surface area contributed by atoms with Crippen LogP contribution in [0.3, 0.4) is 0 Å². The van der Waals surface area contributed by atoms with E-state index in [9.17, 15) is 0 Å². The average molecular weight is 639 g/mol. The van der Waals surface area contributed by atoms with Crippen molar-refractivity contribution < 1.29 is 0 Å². The van der Waals surface area contributed by atoms with E-state index in [4.69, 9.17) is 0 Å². The molecule has 0 bridgehead atoms. The summed E-state index contributed by atoms with van der Waals surface area (Å²) in [6.45, 7) is 0. The van der Waals surface area contributed by atoms with E-state index in [0.717, 1.165) is 28.4 Å². The highest BCUT2D eigenvalue weighted by Crippen LogP contribution is 2.42. The SMILES string of the molecule is c1ccc(N(c2ccccc2)c2ccc(-c3ccc(Nc4ccccc4-c4cc5ccccc5c5ccc6ccccc6c45)cc3)cc2)cc1. The number of hydrogen-bond acceptors (Lipinski definition) is 2. The van der Waals surface area contributed by atoms with Gasteiger partial charge in [-0.2, -0.15) is 0 Å². The van der Waals surface area contributed by atoms with Crippen molar-refractivity contribution in [2.45, 2.75) is 0 Å². The number of rotatable bonds is 7. The van der Waals surface area contributed by atoms with Crippen LogP contribution in [0.15, 0.2) is 200 Å². The third kappa shape index (κ3) is 5.43. The molecule has 0 saturated heterocycles. The van der Waals surface area contributed by atoms with Crippen LogP contribution in [-0.4, -0.2) is 0 Å². The van der Waals surface area contributed by atoms with Gasteiger partial charge < -0.3 is 10.2 Å². The Morgan fingerprint density at radius 1 is 0.340 bits per heavy atom. The van der Waals surface area contributed by atoms with Crippen molar-refractivity contribution in [3.63, 3.8) is 0 Å². The van der Waals surface area contributed by atoms with Gasteiger partial charge in [0.1, 0.15) is 0 Å². The van der Waals surface area contributed by atoms with Crippen LogP contribution in [-0.2, 0) is 0 Å². The van der Waals surface area contributed by atoms with Crippen LogP contribution >= 0.6 is 0 Å². The molecule has 0 aromatic heterocycles. The highest BCUT2D eigenvalue weighted by atomic mass is 15.1. The zero-order chi connectivity index (χ0) is 33.3. The molecule has 9 rings (SSSR count). The molecule has 0 spiro atoms. The lowest BCUT2D eigenvalue weighted by Crippen LogP contribution is -2.09. The molecule has 0 aliphatic rings. The lowest BCUT2D eigenvalue weighted by atomic mass is 9.89. The van der Waals surface area contributed by atoms with Crippen LogP contribution in [0.1, 0.15) is 0 Å². The zero-order valence-corrected chi connectivity index (χ0v) is 27.5. The molecule has 1 N–H and O–H groups in total. The molecule has 9 aromatic carbocycles. The van der Waals surface area contributed by atoms with Gasteiger partial charge in [0.15, 0.2) is 0 Å². The normalized spacial score (nSPS) is 11.2. The minimum atomic E-state index is 1.05. The third-order valence-corrected chi connectivity index (χ3v) is 9.62. The first-order chi connectivity index (χ1) is 24.8. The maximum absolute atomic E-state index is 3.76. The minimum Gasteiger partial charge on any atom is -0.355 e. The van der Waals surface area contributed by atoms with Crippen molar-refractivity contribution in [1.82, 2.24) is 0 Å². The summed E-state index contributed by atoms with van der Waals surface area (Å²) in [5, 5.41) is 11.4. The fourth-order valence-corrected chi connectivity index (χ4v) is 7.23. The predicted octanol–water partition coefficient (Wildman–Crippen LogP) is 13.7. The maximum Gasteiger partial charge on any atom is 0.0464 e. The van der Waals surface area contributed by atoms with Gasteiger partial charge in [-0.25, -0.2) is 0 Å². The second-order valence-electron chi connectivity index (χ2n) is 12.7. The average Bonchev–Trinajstić information content (AvgIpc) is 3.19. The number of anilines is 5. The monoisotopic (exact) mass is 638 g/mol. The Morgan fingerprint density at radius 3 is 1.58 bits per heavy atom. The van der Waals surface area contributed by atoms with E-state index in [1.165, 1.54) is 54.6 Å². The lowest BCUT2D eigenvalue weighted by molar-refractivity contribution is 1.28. The van der Waals surface area contributed by atoms with Crippen LogP contribution in [0.25, 0.3) is 54.6 Å². The zero-order valence-electron chi connectivity index (χ0n) is 27.5. The molecule has 0 atom stereocenters. The molecule has 0 heterocycles. The Morgan fingerprint density at radius 2 is 0.880 bits per heavy atom. The van der Waals surface area contributed by atoms with Gasteiger partial charge in [0.2, 0.25) is 0 Å². The molecule has 0 fully saturated rings. The first-order valence-electron chi connectivity index (χ1n) is 17.1. The Kier molecular flexibility index (Phi) is 7.53. The predicted molar refractivity (Wildman–Crippen MR) is 214 cm³/mol. The van der Waals surface area contributed by atoms with Crippen molar-refractivity contribution in [2.75, 3.05) is 10.2 Å². The van der Waals surface area contributed by atoms with Gasteiger partial charge in [-0.1, -0.05) is 140 Å². The van der Waals surface area contributed by atoms with Crippen molar-refractivity contribution in [1.29, 1.82) is 0 Å². The second-order valence-corrected chi connectivity index (χ2v) is 12.7. The Hall–Kier alpha value is -6.64. The Bertz CT molecular complexity index is 2550. The van der Waals surface area contributed by atoms with Crippen molar-refractivity contribution >= 4 is 60.8 Å². The Labute approximate surface area is 292 Å². The van der Waals surface area contributed by atoms with E-state index in [1.54, 1.807) is 0 Å². The molecule has 9 aromatic rings. The molecular weight excluding hydrogens is 605 g/mol. The van der Waals surface area contributed by atoms with E-state index in [0.29, 0.717) is 0 Å². The molecule has 236 valence electrons. The van der Waals surface area contributed by atoms with E-state index >= 15 is 0 Å². The topological polar surface area (TPSA) is 15.3 Å². The van der Waals surface area contributed by atoms with E-state index in [1.807, 2.05) is 0 Å². The van der Waals surface area contributed by atoms with E-state index in [-0.39, 0.29) is 0 Å². The minimum absolute atomic E-state index is 1.05. The fourth-order valence-electron chi connectivity index (χ4n) is 7.23. The van der Waals surface area contributed by atoms with Gasteiger partial charge in [0, 0.05) is 34.0 Å². The number of nitrogens with one attached hydrogen (secondary N) is 1. The van der Waals surface area contributed by atoms with Crippen molar-refractivity contribution in [3.8, 4) is 22.3 Å². The number of hydrogen-bond donors (Lipinski definition) is 1. The molecule has 0 unspecified atom stereocenters. The van der Waals surface area contributed by atoms with Gasteiger partial charge in [0.25, 0.3) is 0 Å². The molecule has 0 aliphatic heterocycles. The largest absolute Gasteiger partial charge is 0.355 e. The van der Waals surface area contributed by atoms with E-state index in [2.05, 4.69) is 210 Å². The maximum atomic E-state index is 3.76. The van der Waals surface area contributed by atoms with Crippen LogP contribution < -0.4 is 10.2 Å². The summed E-state index contributed by atoms with van der Waals surface area (Å²) in [6.07, 6.45) is 0. The number of para-hydroxylation sites is 3. The summed E-state index contributed by atoms with van der Waals surface area (Å²) in [7, 11) is 0. The summed E-state index contributed by atoms with van der Waals surface area (Å²) in [5.41, 5.74) is 10.3. The molecule has 0 aliphatic carbocycles. The molecule has 0 amide bonds. The summed E-state index contributed by atoms with van der Waals surface area (Å²) >= 11 is 0. The fraction of sp³-hybridized carbons (Fsp3) is 0. The third-order valence-electron chi connectivity index (χ3n) is 9.62. The Balaban J connectivity index is 1.05. The highest BCUT2D eigenvalue weighted by molar-refractivity contribution is 6.23. The molecule has 0 saturated carbocycles. The van der Waals surface area contributed by atoms with Crippen molar-refractivity contribution in [3.05, 3.63) is 200 Å². The van der Waals surface area contributed by atoms with Gasteiger partial charge in [-0.3, -0.25) is 0 Å². The molecular formula is C48H34N2. The number of fused-ring (bicyclic) bond motifs is 5. The lowest BCUT2D eigenvalue weighted by Gasteiger charge is -2.25. The smallest absolute Gasteiger partial charge is 0.0464 e.